The third kappa shape index (κ3) is 6.52. The third-order valence-corrected chi connectivity index (χ3v) is 7.83. The second-order valence-electron chi connectivity index (χ2n) is 9.19. The second-order valence-corrected chi connectivity index (χ2v) is 10.2. The monoisotopic (exact) mass is 566 g/mol. The Morgan fingerprint density at radius 2 is 1.58 bits per heavy atom. The van der Waals surface area contributed by atoms with E-state index in [0.717, 1.165) is 25.0 Å². The SMILES string of the molecule is N#C[C@H]1CSCN1C(=O)[C@@H](N)C1CC2CCC(C1)N2C(=O)c1ccc(C(F)(F)F)cc1.O=C(O)C(F)(F)F. The Labute approximate surface area is 217 Å². The standard InChI is InChI=1S/C21H23F3N4O2S.C2HF3O2/c22-21(23,24)14-3-1-12(2-4-14)19(29)28-15-5-6-16(28)8-13(7-15)18(26)20(30)27-11-31-10-17(27)9-25;3-2(4,5)1(6)7/h1-4,13,15-18H,5-8,10-11,26H2;(H,6,7)/t13?,15?,16?,17-,18-;/m0./s1. The fourth-order valence-electron chi connectivity index (χ4n) is 4.95. The molecule has 2 amide bonds. The number of nitriles is 1. The molecule has 0 saturated carbocycles. The van der Waals surface area contributed by atoms with E-state index in [1.165, 1.54) is 28.8 Å². The van der Waals surface area contributed by atoms with Crippen molar-refractivity contribution in [1.29, 1.82) is 5.26 Å². The zero-order valence-corrected chi connectivity index (χ0v) is 20.5. The van der Waals surface area contributed by atoms with Crippen LogP contribution in [0, 0.1) is 17.2 Å². The van der Waals surface area contributed by atoms with Gasteiger partial charge in [0.05, 0.1) is 23.6 Å². The van der Waals surface area contributed by atoms with Gasteiger partial charge in [-0.2, -0.15) is 31.6 Å². The number of nitrogens with two attached hydrogens (primary N) is 1. The highest BCUT2D eigenvalue weighted by molar-refractivity contribution is 7.99. The van der Waals surface area contributed by atoms with Crippen LogP contribution >= 0.6 is 11.8 Å². The highest BCUT2D eigenvalue weighted by atomic mass is 32.2. The van der Waals surface area contributed by atoms with Crippen LogP contribution in [0.5, 0.6) is 0 Å². The number of carboxylic acid groups (broad SMARTS) is 1. The van der Waals surface area contributed by atoms with Crippen molar-refractivity contribution in [3.05, 3.63) is 35.4 Å². The maximum Gasteiger partial charge on any atom is 0.490 e. The van der Waals surface area contributed by atoms with Crippen LogP contribution in [0.3, 0.4) is 0 Å². The van der Waals surface area contributed by atoms with Gasteiger partial charge in [0.2, 0.25) is 5.91 Å². The van der Waals surface area contributed by atoms with Crippen molar-refractivity contribution in [3.8, 4) is 6.07 Å². The van der Waals surface area contributed by atoms with Gasteiger partial charge in [0.1, 0.15) is 6.04 Å². The molecule has 0 aliphatic carbocycles. The summed E-state index contributed by atoms with van der Waals surface area (Å²) >= 11 is 1.53. The Balaban J connectivity index is 0.000000505. The van der Waals surface area contributed by atoms with E-state index >= 15 is 0 Å². The molecule has 0 radical (unpaired) electrons. The molecule has 2 bridgehead atoms. The van der Waals surface area contributed by atoms with Crippen LogP contribution in [-0.4, -0.2) is 74.7 Å². The first-order valence-electron chi connectivity index (χ1n) is 11.5. The number of amides is 2. The van der Waals surface area contributed by atoms with E-state index in [2.05, 4.69) is 6.07 Å². The van der Waals surface area contributed by atoms with Crippen LogP contribution in [0.15, 0.2) is 24.3 Å². The molecule has 15 heteroatoms. The van der Waals surface area contributed by atoms with E-state index < -0.39 is 36.0 Å². The minimum Gasteiger partial charge on any atom is -0.475 e. The third-order valence-electron chi connectivity index (χ3n) is 6.81. The van der Waals surface area contributed by atoms with Crippen molar-refractivity contribution in [2.45, 2.75) is 62.2 Å². The molecule has 3 aliphatic rings. The van der Waals surface area contributed by atoms with Crippen molar-refractivity contribution in [3.63, 3.8) is 0 Å². The molecule has 38 heavy (non-hydrogen) atoms. The van der Waals surface area contributed by atoms with Crippen molar-refractivity contribution < 1.29 is 45.8 Å². The fraction of sp³-hybridized carbons (Fsp3) is 0.565. The zero-order chi connectivity index (χ0) is 28.4. The van der Waals surface area contributed by atoms with Gasteiger partial charge in [-0.25, -0.2) is 4.79 Å². The van der Waals surface area contributed by atoms with Gasteiger partial charge >= 0.3 is 18.3 Å². The van der Waals surface area contributed by atoms with E-state index in [0.29, 0.717) is 24.5 Å². The van der Waals surface area contributed by atoms with Crippen LogP contribution in [0.2, 0.25) is 0 Å². The van der Waals surface area contributed by atoms with Gasteiger partial charge in [0.25, 0.3) is 5.91 Å². The number of fused-ring (bicyclic) bond motifs is 2. The maximum absolute atomic E-state index is 13.0. The predicted molar refractivity (Wildman–Crippen MR) is 122 cm³/mol. The molecule has 208 valence electrons. The normalized spacial score (nSPS) is 25.7. The second kappa shape index (κ2) is 11.4. The number of carboxylic acids is 1. The summed E-state index contributed by atoms with van der Waals surface area (Å²) < 4.78 is 70.1. The summed E-state index contributed by atoms with van der Waals surface area (Å²) in [6.45, 7) is 0. The molecule has 0 spiro atoms. The van der Waals surface area contributed by atoms with Gasteiger partial charge < -0.3 is 20.6 Å². The number of halogens is 6. The van der Waals surface area contributed by atoms with E-state index in [9.17, 15) is 41.2 Å². The summed E-state index contributed by atoms with van der Waals surface area (Å²) in [5, 5.41) is 16.4. The van der Waals surface area contributed by atoms with Gasteiger partial charge in [0, 0.05) is 23.4 Å². The summed E-state index contributed by atoms with van der Waals surface area (Å²) in [5.74, 6) is -2.30. The van der Waals surface area contributed by atoms with E-state index in [-0.39, 0.29) is 35.4 Å². The molecule has 3 heterocycles. The first kappa shape index (κ1) is 29.6. The zero-order valence-electron chi connectivity index (χ0n) is 19.7. The number of piperidine rings is 1. The number of alkyl halides is 6. The first-order chi connectivity index (χ1) is 17.6. The Bertz CT molecular complexity index is 1080. The summed E-state index contributed by atoms with van der Waals surface area (Å²) in [6, 6.07) is 5.09. The van der Waals surface area contributed by atoms with Gasteiger partial charge in [-0.15, -0.1) is 11.8 Å². The number of carbonyl (C=O) groups is 3. The minimum absolute atomic E-state index is 0.0860. The smallest absolute Gasteiger partial charge is 0.475 e. The Kier molecular flexibility index (Phi) is 8.87. The van der Waals surface area contributed by atoms with Crippen molar-refractivity contribution in [2.75, 3.05) is 11.6 Å². The van der Waals surface area contributed by atoms with Crippen molar-refractivity contribution >= 4 is 29.5 Å². The largest absolute Gasteiger partial charge is 0.490 e. The first-order valence-corrected chi connectivity index (χ1v) is 12.6. The number of rotatable bonds is 3. The quantitative estimate of drug-likeness (QED) is 0.537. The molecule has 1 aromatic carbocycles. The van der Waals surface area contributed by atoms with Crippen LogP contribution in [-0.2, 0) is 15.8 Å². The predicted octanol–water partition coefficient (Wildman–Crippen LogP) is 3.47. The van der Waals surface area contributed by atoms with Crippen LogP contribution in [0.4, 0.5) is 26.3 Å². The number of aliphatic carboxylic acids is 1. The lowest BCUT2D eigenvalue weighted by Crippen LogP contribution is -2.55. The molecule has 8 nitrogen and oxygen atoms in total. The van der Waals surface area contributed by atoms with Gasteiger partial charge in [-0.05, 0) is 55.9 Å². The summed E-state index contributed by atoms with van der Waals surface area (Å²) in [6.07, 6.45) is -6.80. The molecule has 2 unspecified atom stereocenters. The number of carbonyl (C=O) groups excluding carboxylic acids is 2. The van der Waals surface area contributed by atoms with Crippen molar-refractivity contribution in [2.24, 2.45) is 11.7 Å². The molecular formula is C23H24F6N4O4S. The summed E-state index contributed by atoms with van der Waals surface area (Å²) in [7, 11) is 0. The lowest BCUT2D eigenvalue weighted by Gasteiger charge is -2.41. The highest BCUT2D eigenvalue weighted by Gasteiger charge is 2.47. The fourth-order valence-corrected chi connectivity index (χ4v) is 6.04. The maximum atomic E-state index is 13.0. The Hall–Kier alpha value is -2.99. The lowest BCUT2D eigenvalue weighted by atomic mass is 9.84. The van der Waals surface area contributed by atoms with E-state index in [1.54, 1.807) is 4.90 Å². The molecular weight excluding hydrogens is 542 g/mol. The van der Waals surface area contributed by atoms with Crippen LogP contribution in [0.1, 0.15) is 41.6 Å². The van der Waals surface area contributed by atoms with Gasteiger partial charge in [-0.1, -0.05) is 0 Å². The number of hydrogen-bond donors (Lipinski definition) is 2. The molecule has 4 atom stereocenters. The summed E-state index contributed by atoms with van der Waals surface area (Å²) in [5.41, 5.74) is 5.76. The summed E-state index contributed by atoms with van der Waals surface area (Å²) in [4.78, 5) is 38.1. The average Bonchev–Trinajstić information content (AvgIpc) is 3.43. The Morgan fingerprint density at radius 3 is 2.03 bits per heavy atom. The van der Waals surface area contributed by atoms with Gasteiger partial charge in [0.15, 0.2) is 0 Å². The molecule has 3 saturated heterocycles. The molecule has 3 aliphatic heterocycles. The number of benzene rings is 1. The molecule has 1 aromatic rings. The minimum atomic E-state index is -5.08. The van der Waals surface area contributed by atoms with E-state index in [4.69, 9.17) is 15.6 Å². The van der Waals surface area contributed by atoms with Crippen LogP contribution in [0.25, 0.3) is 0 Å². The molecule has 0 aromatic heterocycles. The lowest BCUT2D eigenvalue weighted by molar-refractivity contribution is -0.192. The van der Waals surface area contributed by atoms with Gasteiger partial charge in [-0.3, -0.25) is 9.59 Å². The molecule has 3 N–H and O–H groups in total. The molecule has 3 fully saturated rings. The number of nitrogens with zero attached hydrogens (tertiary/aromatic N) is 3. The number of hydrogen-bond acceptors (Lipinski definition) is 6. The highest BCUT2D eigenvalue weighted by Crippen LogP contribution is 2.41. The average molecular weight is 567 g/mol. The van der Waals surface area contributed by atoms with Crippen LogP contribution < -0.4 is 5.73 Å². The molecule has 4 rings (SSSR count). The van der Waals surface area contributed by atoms with E-state index in [1.807, 2.05) is 0 Å². The Morgan fingerprint density at radius 1 is 1.05 bits per heavy atom. The van der Waals surface area contributed by atoms with Crippen molar-refractivity contribution in [1.82, 2.24) is 9.80 Å². The number of thioether (sulfide) groups is 1. The topological polar surface area (TPSA) is 128 Å².